The SMILES string of the molecule is CC(C)C(C)(C#N)NC(=O)CSc1nc2c(cnn2-c2cccc(Cl)c2)c(=O)[nH]1. The van der Waals surface area contributed by atoms with E-state index in [9.17, 15) is 14.9 Å². The molecule has 2 heterocycles. The summed E-state index contributed by atoms with van der Waals surface area (Å²) in [6, 6.07) is 9.16. The highest BCUT2D eigenvalue weighted by atomic mass is 35.5. The number of hydrogen-bond donors (Lipinski definition) is 2. The average molecular weight is 431 g/mol. The van der Waals surface area contributed by atoms with Gasteiger partial charge in [-0.25, -0.2) is 9.67 Å². The van der Waals surface area contributed by atoms with E-state index in [1.54, 1.807) is 31.2 Å². The number of nitrogens with zero attached hydrogens (tertiary/aromatic N) is 4. The summed E-state index contributed by atoms with van der Waals surface area (Å²) in [5, 5.41) is 17.4. The summed E-state index contributed by atoms with van der Waals surface area (Å²) < 4.78 is 1.52. The first-order chi connectivity index (χ1) is 13.7. The third kappa shape index (κ3) is 4.44. The number of thioether (sulfide) groups is 1. The fourth-order valence-corrected chi connectivity index (χ4v) is 3.36. The Kier molecular flexibility index (Phi) is 5.96. The van der Waals surface area contributed by atoms with Gasteiger partial charge in [0.2, 0.25) is 5.91 Å². The first kappa shape index (κ1) is 20.9. The molecule has 8 nitrogen and oxygen atoms in total. The van der Waals surface area contributed by atoms with E-state index < -0.39 is 5.54 Å². The number of H-pyrrole nitrogens is 1. The molecule has 1 amide bonds. The van der Waals surface area contributed by atoms with Gasteiger partial charge < -0.3 is 10.3 Å². The number of rotatable bonds is 6. The minimum absolute atomic E-state index is 0.00371. The molecule has 1 atom stereocenters. The molecule has 0 aliphatic rings. The van der Waals surface area contributed by atoms with Crippen molar-refractivity contribution in [1.82, 2.24) is 25.1 Å². The lowest BCUT2D eigenvalue weighted by Gasteiger charge is -2.27. The van der Waals surface area contributed by atoms with E-state index in [0.29, 0.717) is 21.7 Å². The van der Waals surface area contributed by atoms with E-state index in [2.05, 4.69) is 26.5 Å². The second-order valence-corrected chi connectivity index (χ2v) is 8.35. The average Bonchev–Trinajstić information content (AvgIpc) is 3.10. The molecule has 29 heavy (non-hydrogen) atoms. The minimum Gasteiger partial charge on any atom is -0.337 e. The standard InChI is InChI=1S/C19H19ClN6O2S/c1-11(2)19(3,10-21)25-15(27)9-29-18-23-16-14(17(28)24-18)8-22-26(16)13-6-4-5-12(20)7-13/h4-8,11H,9H2,1-3H3,(H,25,27)(H,23,24,28). The molecule has 0 spiro atoms. The lowest BCUT2D eigenvalue weighted by Crippen LogP contribution is -2.49. The molecule has 0 aliphatic heterocycles. The molecular formula is C19H19ClN6O2S. The molecule has 2 aromatic heterocycles. The van der Waals surface area contributed by atoms with Gasteiger partial charge in [-0.3, -0.25) is 9.59 Å². The van der Waals surface area contributed by atoms with Crippen molar-refractivity contribution < 1.29 is 4.79 Å². The number of nitrogens with one attached hydrogen (secondary N) is 2. The second-order valence-electron chi connectivity index (χ2n) is 6.95. The highest BCUT2D eigenvalue weighted by molar-refractivity contribution is 7.99. The predicted octanol–water partition coefficient (Wildman–Crippen LogP) is 2.91. The Balaban J connectivity index is 1.84. The number of aromatic amines is 1. The van der Waals surface area contributed by atoms with E-state index in [0.717, 1.165) is 11.8 Å². The summed E-state index contributed by atoms with van der Waals surface area (Å²) in [5.74, 6) is -0.370. The molecule has 0 saturated carbocycles. The molecular weight excluding hydrogens is 412 g/mol. The summed E-state index contributed by atoms with van der Waals surface area (Å²) in [5.41, 5.74) is -0.285. The number of aromatic nitrogens is 4. The third-order valence-electron chi connectivity index (χ3n) is 4.60. The Labute approximate surface area is 176 Å². The molecule has 0 bridgehead atoms. The van der Waals surface area contributed by atoms with Crippen LogP contribution in [0.15, 0.2) is 40.4 Å². The fraction of sp³-hybridized carbons (Fsp3) is 0.316. The maximum atomic E-state index is 12.4. The number of nitriles is 1. The van der Waals surface area contributed by atoms with Crippen LogP contribution in [0.1, 0.15) is 20.8 Å². The molecule has 0 radical (unpaired) electrons. The zero-order valence-corrected chi connectivity index (χ0v) is 17.6. The molecule has 10 heteroatoms. The van der Waals surface area contributed by atoms with Crippen molar-refractivity contribution in [2.45, 2.75) is 31.5 Å². The number of amides is 1. The first-order valence-electron chi connectivity index (χ1n) is 8.82. The lowest BCUT2D eigenvalue weighted by atomic mass is 9.90. The van der Waals surface area contributed by atoms with Gasteiger partial charge in [-0.2, -0.15) is 10.4 Å². The van der Waals surface area contributed by atoms with Crippen molar-refractivity contribution in [2.75, 3.05) is 5.75 Å². The summed E-state index contributed by atoms with van der Waals surface area (Å²) in [4.78, 5) is 31.8. The number of carbonyl (C=O) groups excluding carboxylic acids is 1. The van der Waals surface area contributed by atoms with Crippen LogP contribution in [0.25, 0.3) is 16.7 Å². The monoisotopic (exact) mass is 430 g/mol. The smallest absolute Gasteiger partial charge is 0.262 e. The van der Waals surface area contributed by atoms with Gasteiger partial charge in [0.25, 0.3) is 5.56 Å². The topological polar surface area (TPSA) is 116 Å². The van der Waals surface area contributed by atoms with Gasteiger partial charge in [-0.15, -0.1) is 0 Å². The van der Waals surface area contributed by atoms with Gasteiger partial charge >= 0.3 is 0 Å². The predicted molar refractivity (Wildman–Crippen MR) is 112 cm³/mol. The Bertz CT molecular complexity index is 1170. The zero-order valence-electron chi connectivity index (χ0n) is 16.1. The van der Waals surface area contributed by atoms with Gasteiger partial charge in [0.15, 0.2) is 10.8 Å². The molecule has 0 fully saturated rings. The molecule has 1 unspecified atom stereocenters. The summed E-state index contributed by atoms with van der Waals surface area (Å²) in [7, 11) is 0. The number of halogens is 1. The van der Waals surface area contributed by atoms with Crippen LogP contribution in [-0.4, -0.2) is 36.9 Å². The van der Waals surface area contributed by atoms with Crippen LogP contribution in [-0.2, 0) is 4.79 Å². The quantitative estimate of drug-likeness (QED) is 0.458. The van der Waals surface area contributed by atoms with E-state index in [-0.39, 0.29) is 28.3 Å². The van der Waals surface area contributed by atoms with Crippen molar-refractivity contribution >= 4 is 40.3 Å². The molecule has 0 aliphatic carbocycles. The highest BCUT2D eigenvalue weighted by Crippen LogP contribution is 2.20. The Hall–Kier alpha value is -2.83. The van der Waals surface area contributed by atoms with Crippen LogP contribution in [0.3, 0.4) is 0 Å². The molecule has 3 rings (SSSR count). The van der Waals surface area contributed by atoms with E-state index in [4.69, 9.17) is 11.6 Å². The second kappa shape index (κ2) is 8.27. The Morgan fingerprint density at radius 2 is 2.24 bits per heavy atom. The van der Waals surface area contributed by atoms with Crippen LogP contribution >= 0.6 is 23.4 Å². The van der Waals surface area contributed by atoms with Gasteiger partial charge in [0, 0.05) is 5.02 Å². The number of hydrogen-bond acceptors (Lipinski definition) is 6. The Morgan fingerprint density at radius 1 is 1.48 bits per heavy atom. The van der Waals surface area contributed by atoms with Crippen molar-refractivity contribution in [3.05, 3.63) is 45.8 Å². The molecule has 3 aromatic rings. The third-order valence-corrected chi connectivity index (χ3v) is 5.70. The Morgan fingerprint density at radius 3 is 2.90 bits per heavy atom. The number of benzene rings is 1. The normalized spacial score (nSPS) is 13.2. The fourth-order valence-electron chi connectivity index (χ4n) is 2.52. The highest BCUT2D eigenvalue weighted by Gasteiger charge is 2.29. The van der Waals surface area contributed by atoms with Crippen molar-refractivity contribution in [1.29, 1.82) is 5.26 Å². The van der Waals surface area contributed by atoms with Gasteiger partial charge in [0.1, 0.15) is 10.9 Å². The number of carbonyl (C=O) groups is 1. The van der Waals surface area contributed by atoms with Crippen LogP contribution in [0.4, 0.5) is 0 Å². The van der Waals surface area contributed by atoms with Crippen LogP contribution in [0.5, 0.6) is 0 Å². The van der Waals surface area contributed by atoms with Crippen LogP contribution in [0.2, 0.25) is 5.02 Å². The van der Waals surface area contributed by atoms with Crippen molar-refractivity contribution in [2.24, 2.45) is 5.92 Å². The summed E-state index contributed by atoms with van der Waals surface area (Å²) >= 11 is 7.12. The van der Waals surface area contributed by atoms with E-state index in [1.165, 1.54) is 10.9 Å². The molecule has 2 N–H and O–H groups in total. The van der Waals surface area contributed by atoms with E-state index in [1.807, 2.05) is 13.8 Å². The van der Waals surface area contributed by atoms with E-state index >= 15 is 0 Å². The first-order valence-corrected chi connectivity index (χ1v) is 10.2. The molecule has 0 saturated heterocycles. The summed E-state index contributed by atoms with van der Waals surface area (Å²) in [6.07, 6.45) is 1.43. The molecule has 1 aromatic carbocycles. The maximum absolute atomic E-state index is 12.4. The van der Waals surface area contributed by atoms with Gasteiger partial charge in [-0.05, 0) is 31.0 Å². The van der Waals surface area contributed by atoms with Crippen LogP contribution in [0, 0.1) is 17.2 Å². The van der Waals surface area contributed by atoms with Crippen LogP contribution < -0.4 is 10.9 Å². The van der Waals surface area contributed by atoms with Gasteiger partial charge in [-0.1, -0.05) is 43.3 Å². The van der Waals surface area contributed by atoms with Gasteiger partial charge in [0.05, 0.1) is 23.7 Å². The lowest BCUT2D eigenvalue weighted by molar-refractivity contribution is -0.120. The number of fused-ring (bicyclic) bond motifs is 1. The zero-order chi connectivity index (χ0) is 21.2. The molecule has 150 valence electrons. The maximum Gasteiger partial charge on any atom is 0.262 e. The van der Waals surface area contributed by atoms with Crippen molar-refractivity contribution in [3.8, 4) is 11.8 Å². The minimum atomic E-state index is -0.965. The largest absolute Gasteiger partial charge is 0.337 e. The van der Waals surface area contributed by atoms with Crippen molar-refractivity contribution in [3.63, 3.8) is 0 Å². The summed E-state index contributed by atoms with van der Waals surface area (Å²) in [6.45, 7) is 5.40.